The number of ether oxygens (including phenoxy) is 3. The van der Waals surface area contributed by atoms with Gasteiger partial charge in [-0.1, -0.05) is 5.92 Å². The van der Waals surface area contributed by atoms with Crippen LogP contribution in [0.15, 0.2) is 21.9 Å². The SMILES string of the molecule is C#C[C@@]12OC3(CCCC3)O[C@@H]1[C@](CO)(CCl)O[C@H]2n1ccc(=O)[nH]c1=O. The number of aromatic amines is 1. The van der Waals surface area contributed by atoms with Gasteiger partial charge in [0, 0.05) is 25.1 Å². The van der Waals surface area contributed by atoms with Crippen molar-refractivity contribution in [2.24, 2.45) is 0 Å². The average Bonchev–Trinajstić information content (AvgIpc) is 3.29. The highest BCUT2D eigenvalue weighted by molar-refractivity contribution is 6.18. The van der Waals surface area contributed by atoms with Crippen molar-refractivity contribution >= 4 is 11.6 Å². The third kappa shape index (κ3) is 2.25. The van der Waals surface area contributed by atoms with E-state index < -0.39 is 47.2 Å². The summed E-state index contributed by atoms with van der Waals surface area (Å²) in [6.07, 6.45) is 8.33. The van der Waals surface area contributed by atoms with Gasteiger partial charge in [-0.3, -0.25) is 14.3 Å². The lowest BCUT2D eigenvalue weighted by Crippen LogP contribution is -2.52. The fourth-order valence-corrected chi connectivity index (χ4v) is 4.47. The van der Waals surface area contributed by atoms with Crippen LogP contribution in [-0.4, -0.2) is 50.2 Å². The Morgan fingerprint density at radius 2 is 2.12 bits per heavy atom. The summed E-state index contributed by atoms with van der Waals surface area (Å²) in [6, 6.07) is 1.19. The van der Waals surface area contributed by atoms with E-state index >= 15 is 0 Å². The van der Waals surface area contributed by atoms with Crippen molar-refractivity contribution < 1.29 is 19.3 Å². The summed E-state index contributed by atoms with van der Waals surface area (Å²) < 4.78 is 19.6. The Kier molecular flexibility index (Phi) is 4.06. The Morgan fingerprint density at radius 3 is 2.69 bits per heavy atom. The van der Waals surface area contributed by atoms with E-state index in [9.17, 15) is 14.7 Å². The number of nitrogens with zero attached hydrogens (tertiary/aromatic N) is 1. The summed E-state index contributed by atoms with van der Waals surface area (Å²) in [4.78, 5) is 25.9. The first-order valence-electron chi connectivity index (χ1n) is 8.46. The quantitative estimate of drug-likeness (QED) is 0.567. The van der Waals surface area contributed by atoms with Crippen LogP contribution in [0.25, 0.3) is 0 Å². The van der Waals surface area contributed by atoms with Crippen LogP contribution in [0.4, 0.5) is 0 Å². The zero-order valence-corrected chi connectivity index (χ0v) is 14.7. The molecule has 0 bridgehead atoms. The van der Waals surface area contributed by atoms with Crippen molar-refractivity contribution in [1.82, 2.24) is 9.55 Å². The molecule has 2 saturated heterocycles. The summed E-state index contributed by atoms with van der Waals surface area (Å²) >= 11 is 6.13. The molecule has 1 aliphatic carbocycles. The molecule has 3 aliphatic rings. The highest BCUT2D eigenvalue weighted by atomic mass is 35.5. The number of hydrogen-bond acceptors (Lipinski definition) is 6. The fourth-order valence-electron chi connectivity index (χ4n) is 4.19. The van der Waals surface area contributed by atoms with E-state index in [1.165, 1.54) is 12.3 Å². The maximum Gasteiger partial charge on any atom is 0.330 e. The van der Waals surface area contributed by atoms with E-state index in [0.717, 1.165) is 17.4 Å². The van der Waals surface area contributed by atoms with Gasteiger partial charge in [-0.05, 0) is 12.8 Å². The molecule has 26 heavy (non-hydrogen) atoms. The van der Waals surface area contributed by atoms with Gasteiger partial charge in [-0.2, -0.15) is 0 Å². The Hall–Kier alpha value is -1.63. The molecule has 2 N–H and O–H groups in total. The maximum atomic E-state index is 12.3. The molecule has 0 amide bonds. The van der Waals surface area contributed by atoms with Crippen molar-refractivity contribution in [3.63, 3.8) is 0 Å². The minimum atomic E-state index is -1.45. The van der Waals surface area contributed by atoms with Gasteiger partial charge >= 0.3 is 5.69 Å². The van der Waals surface area contributed by atoms with Crippen LogP contribution in [-0.2, 0) is 14.2 Å². The number of aromatic nitrogens is 2. The Bertz CT molecular complexity index is 863. The molecule has 3 fully saturated rings. The van der Waals surface area contributed by atoms with E-state index in [4.69, 9.17) is 32.2 Å². The van der Waals surface area contributed by atoms with Crippen LogP contribution in [0.5, 0.6) is 0 Å². The fraction of sp³-hybridized carbons (Fsp3) is 0.647. The van der Waals surface area contributed by atoms with Crippen molar-refractivity contribution in [2.75, 3.05) is 12.5 Å². The van der Waals surface area contributed by atoms with Gasteiger partial charge in [0.1, 0.15) is 11.7 Å². The lowest BCUT2D eigenvalue weighted by molar-refractivity contribution is -0.242. The van der Waals surface area contributed by atoms with Crippen LogP contribution in [0.3, 0.4) is 0 Å². The van der Waals surface area contributed by atoms with Gasteiger partial charge in [-0.15, -0.1) is 18.0 Å². The lowest BCUT2D eigenvalue weighted by atomic mass is 9.88. The van der Waals surface area contributed by atoms with Crippen molar-refractivity contribution in [3.05, 3.63) is 33.1 Å². The first kappa shape index (κ1) is 17.8. The second kappa shape index (κ2) is 5.94. The molecule has 8 nitrogen and oxygen atoms in total. The second-order valence-electron chi connectivity index (χ2n) is 7.00. The molecule has 4 atom stereocenters. The maximum absolute atomic E-state index is 12.3. The average molecular weight is 383 g/mol. The Balaban J connectivity index is 1.88. The highest BCUT2D eigenvalue weighted by Crippen LogP contribution is 2.58. The lowest BCUT2D eigenvalue weighted by Gasteiger charge is -2.32. The number of alkyl halides is 1. The van der Waals surface area contributed by atoms with Crippen molar-refractivity contribution in [3.8, 4) is 12.3 Å². The predicted octanol–water partition coefficient (Wildman–Crippen LogP) is 0.0930. The second-order valence-corrected chi connectivity index (χ2v) is 7.27. The molecular formula is C17H19ClN2O6. The van der Waals surface area contributed by atoms with Crippen LogP contribution < -0.4 is 11.2 Å². The van der Waals surface area contributed by atoms with E-state index in [1.807, 2.05) is 0 Å². The molecule has 3 heterocycles. The first-order chi connectivity index (χ1) is 12.4. The minimum Gasteiger partial charge on any atom is -0.393 e. The van der Waals surface area contributed by atoms with Crippen molar-refractivity contribution in [1.29, 1.82) is 0 Å². The van der Waals surface area contributed by atoms with Gasteiger partial charge in [0.2, 0.25) is 5.60 Å². The third-order valence-electron chi connectivity index (χ3n) is 5.46. The van der Waals surface area contributed by atoms with E-state index in [2.05, 4.69) is 10.9 Å². The smallest absolute Gasteiger partial charge is 0.330 e. The topological polar surface area (TPSA) is 103 Å². The summed E-state index contributed by atoms with van der Waals surface area (Å²) in [7, 11) is 0. The van der Waals surface area contributed by atoms with Gasteiger partial charge in [-0.25, -0.2) is 4.79 Å². The zero-order chi connectivity index (χ0) is 18.6. The van der Waals surface area contributed by atoms with E-state index in [-0.39, 0.29) is 5.88 Å². The standard InChI is InChI=1S/C17H19ClN2O6/c1-2-17-12(24-16(26-17)6-3-4-7-16)15(9-18,10-21)25-13(17)20-8-5-11(22)19-14(20)23/h1,5,8,12-13,21H,3-4,6-7,9-10H2,(H,19,22,23)/t12-,13-,15-,17-/m1/s1. The normalized spacial score (nSPS) is 37.7. The molecule has 1 spiro atoms. The molecule has 0 radical (unpaired) electrons. The summed E-state index contributed by atoms with van der Waals surface area (Å²) in [6.45, 7) is -0.460. The minimum absolute atomic E-state index is 0.106. The Labute approximate surface area is 154 Å². The number of nitrogens with one attached hydrogen (secondary N) is 1. The summed E-state index contributed by atoms with van der Waals surface area (Å²) in [5.74, 6) is 1.63. The van der Waals surface area contributed by atoms with Crippen LogP contribution in [0.1, 0.15) is 31.9 Å². The number of fused-ring (bicyclic) bond motifs is 1. The molecule has 1 aromatic heterocycles. The van der Waals surface area contributed by atoms with E-state index in [0.29, 0.717) is 12.8 Å². The number of terminal acetylenes is 1. The summed E-state index contributed by atoms with van der Waals surface area (Å²) in [5.41, 5.74) is -4.03. The predicted molar refractivity (Wildman–Crippen MR) is 90.7 cm³/mol. The monoisotopic (exact) mass is 382 g/mol. The largest absolute Gasteiger partial charge is 0.393 e. The van der Waals surface area contributed by atoms with Crippen LogP contribution in [0.2, 0.25) is 0 Å². The molecule has 140 valence electrons. The van der Waals surface area contributed by atoms with Gasteiger partial charge < -0.3 is 19.3 Å². The van der Waals surface area contributed by atoms with E-state index in [1.54, 1.807) is 0 Å². The number of aliphatic hydroxyl groups excluding tert-OH is 1. The molecule has 1 saturated carbocycles. The van der Waals surface area contributed by atoms with Crippen LogP contribution >= 0.6 is 11.6 Å². The molecule has 0 unspecified atom stereocenters. The highest BCUT2D eigenvalue weighted by Gasteiger charge is 2.73. The number of H-pyrrole nitrogens is 1. The van der Waals surface area contributed by atoms with Gasteiger partial charge in [0.15, 0.2) is 12.0 Å². The molecular weight excluding hydrogens is 364 g/mol. The molecule has 2 aliphatic heterocycles. The molecule has 1 aromatic rings. The van der Waals surface area contributed by atoms with Crippen molar-refractivity contribution in [2.45, 2.75) is 55.0 Å². The molecule has 4 rings (SSSR count). The number of halogens is 1. The third-order valence-corrected chi connectivity index (χ3v) is 5.91. The van der Waals surface area contributed by atoms with Gasteiger partial charge in [0.05, 0.1) is 12.5 Å². The number of aliphatic hydroxyl groups is 1. The Morgan fingerprint density at radius 1 is 1.38 bits per heavy atom. The zero-order valence-electron chi connectivity index (χ0n) is 13.9. The summed E-state index contributed by atoms with van der Waals surface area (Å²) in [5, 5.41) is 10.0. The first-order valence-corrected chi connectivity index (χ1v) is 9.00. The van der Waals surface area contributed by atoms with Crippen LogP contribution in [0, 0.1) is 12.3 Å². The number of rotatable bonds is 3. The number of hydrogen-bond donors (Lipinski definition) is 2. The van der Waals surface area contributed by atoms with Gasteiger partial charge in [0.25, 0.3) is 5.56 Å². The molecule has 9 heteroatoms. The molecule has 0 aromatic carbocycles.